The Morgan fingerprint density at radius 3 is 2.00 bits per heavy atom. The fraction of sp³-hybridized carbons (Fsp3) is 0.800. The van der Waals surface area contributed by atoms with Crippen molar-refractivity contribution in [2.45, 2.75) is 6.92 Å². The average Bonchev–Trinajstić information content (AvgIpc) is 1.67. The molecule has 0 fully saturated rings. The summed E-state index contributed by atoms with van der Waals surface area (Å²) in [6.07, 6.45) is 0. The zero-order valence-corrected chi connectivity index (χ0v) is 6.20. The van der Waals surface area contributed by atoms with Crippen LogP contribution in [0, 0.1) is 0 Å². The Balaban J connectivity index is 3.91. The third-order valence-electron chi connectivity index (χ3n) is 1.15. The molecule has 0 saturated heterocycles. The molecule has 0 rings (SSSR count). The van der Waals surface area contributed by atoms with Gasteiger partial charge in [-0.15, -0.1) is 0 Å². The molecule has 0 N–H and O–H groups in total. The van der Waals surface area contributed by atoms with Crippen molar-refractivity contribution in [3.63, 3.8) is 0 Å². The summed E-state index contributed by atoms with van der Waals surface area (Å²) < 4.78 is 0.252. The van der Waals surface area contributed by atoms with Gasteiger partial charge in [0.2, 0.25) is 0 Å². The maximum absolute atomic E-state index is 10.6. The molecule has 0 aliphatic heterocycles. The average molecular weight is 137 g/mol. The number of carbonyl (C=O) groups excluding carboxylic acids is 1. The van der Waals surface area contributed by atoms with Crippen molar-refractivity contribution in [1.29, 1.82) is 0 Å². The van der Waals surface area contributed by atoms with Crippen LogP contribution in [0.15, 0.2) is 0 Å². The standard InChI is InChI=1S/C5H11ClNO/c1-5(8)7(2,3)4-6/h4H2,1-3H3/q+1. The number of rotatable bonds is 1. The molecule has 8 heavy (non-hydrogen) atoms. The summed E-state index contributed by atoms with van der Waals surface area (Å²) in [6, 6.07) is 0.343. The SMILES string of the molecule is CC(=O)[N+](C)(C)CCl. The van der Waals surface area contributed by atoms with E-state index in [1.807, 2.05) is 0 Å². The van der Waals surface area contributed by atoms with Gasteiger partial charge in [-0.1, -0.05) is 11.6 Å². The molecule has 0 aromatic rings. The molecule has 2 nitrogen and oxygen atoms in total. The van der Waals surface area contributed by atoms with Crippen LogP contribution in [0.5, 0.6) is 0 Å². The molecule has 0 aliphatic carbocycles. The van der Waals surface area contributed by atoms with Gasteiger partial charge in [-0.25, -0.2) is 4.79 Å². The number of hydrogen-bond acceptors (Lipinski definition) is 1. The first-order valence-corrected chi connectivity index (χ1v) is 2.94. The van der Waals surface area contributed by atoms with E-state index in [9.17, 15) is 4.79 Å². The van der Waals surface area contributed by atoms with E-state index in [4.69, 9.17) is 11.6 Å². The van der Waals surface area contributed by atoms with E-state index >= 15 is 0 Å². The highest BCUT2D eigenvalue weighted by Crippen LogP contribution is 1.98. The van der Waals surface area contributed by atoms with E-state index in [0.717, 1.165) is 0 Å². The minimum Gasteiger partial charge on any atom is -0.253 e. The lowest BCUT2D eigenvalue weighted by Gasteiger charge is -2.20. The van der Waals surface area contributed by atoms with Crippen molar-refractivity contribution in [3.8, 4) is 0 Å². The summed E-state index contributed by atoms with van der Waals surface area (Å²) in [5.74, 6) is 0.0833. The summed E-state index contributed by atoms with van der Waals surface area (Å²) >= 11 is 5.44. The van der Waals surface area contributed by atoms with Crippen LogP contribution in [0.4, 0.5) is 0 Å². The molecule has 0 aliphatic rings. The van der Waals surface area contributed by atoms with Gasteiger partial charge in [-0.3, -0.25) is 4.48 Å². The molecular weight excluding hydrogens is 126 g/mol. The highest BCUT2D eigenvalue weighted by Gasteiger charge is 2.18. The van der Waals surface area contributed by atoms with Gasteiger partial charge in [-0.2, -0.15) is 0 Å². The van der Waals surface area contributed by atoms with Crippen molar-refractivity contribution >= 4 is 17.5 Å². The van der Waals surface area contributed by atoms with Crippen LogP contribution in [0.1, 0.15) is 6.92 Å². The quantitative estimate of drug-likeness (QED) is 0.296. The molecular formula is C5H11ClNO+. The van der Waals surface area contributed by atoms with Crippen LogP contribution >= 0.6 is 11.6 Å². The number of nitrogens with zero attached hydrogens (tertiary/aromatic N) is 1. The predicted octanol–water partition coefficient (Wildman–Crippen LogP) is 0.806. The number of quaternary nitrogens is 1. The topological polar surface area (TPSA) is 17.1 Å². The van der Waals surface area contributed by atoms with Crippen LogP contribution in [0.25, 0.3) is 0 Å². The van der Waals surface area contributed by atoms with E-state index in [-0.39, 0.29) is 10.4 Å². The minimum atomic E-state index is 0.0833. The minimum absolute atomic E-state index is 0.0833. The van der Waals surface area contributed by atoms with Gasteiger partial charge >= 0.3 is 5.91 Å². The van der Waals surface area contributed by atoms with Crippen molar-refractivity contribution in [1.82, 2.24) is 0 Å². The maximum atomic E-state index is 10.6. The van der Waals surface area contributed by atoms with Crippen molar-refractivity contribution in [2.75, 3.05) is 20.1 Å². The van der Waals surface area contributed by atoms with Gasteiger partial charge in [0.25, 0.3) is 0 Å². The van der Waals surface area contributed by atoms with Gasteiger partial charge in [0.1, 0.15) is 0 Å². The Kier molecular flexibility index (Phi) is 2.44. The second kappa shape index (κ2) is 2.46. The van der Waals surface area contributed by atoms with Crippen molar-refractivity contribution in [3.05, 3.63) is 0 Å². The molecule has 0 bridgehead atoms. The molecule has 0 unspecified atom stereocenters. The summed E-state index contributed by atoms with van der Waals surface area (Å²) in [6.45, 7) is 1.53. The predicted molar refractivity (Wildman–Crippen MR) is 33.5 cm³/mol. The molecule has 0 atom stereocenters. The van der Waals surface area contributed by atoms with Crippen LogP contribution < -0.4 is 0 Å². The van der Waals surface area contributed by atoms with E-state index in [1.165, 1.54) is 6.92 Å². The van der Waals surface area contributed by atoms with E-state index in [0.29, 0.717) is 6.00 Å². The second-order valence-electron chi connectivity index (χ2n) is 2.32. The van der Waals surface area contributed by atoms with Crippen molar-refractivity contribution < 1.29 is 9.28 Å². The molecule has 1 amide bonds. The Morgan fingerprint density at radius 1 is 1.62 bits per heavy atom. The molecule has 0 saturated carbocycles. The molecule has 0 aromatic heterocycles. The lowest BCUT2D eigenvalue weighted by Crippen LogP contribution is -2.42. The summed E-state index contributed by atoms with van der Waals surface area (Å²) in [7, 11) is 3.55. The highest BCUT2D eigenvalue weighted by molar-refractivity contribution is 6.17. The monoisotopic (exact) mass is 136 g/mol. The normalized spacial score (nSPS) is 11.5. The maximum Gasteiger partial charge on any atom is 0.311 e. The highest BCUT2D eigenvalue weighted by atomic mass is 35.5. The van der Waals surface area contributed by atoms with Crippen LogP contribution in [0.3, 0.4) is 0 Å². The van der Waals surface area contributed by atoms with Gasteiger partial charge in [0.15, 0.2) is 6.00 Å². The zero-order valence-electron chi connectivity index (χ0n) is 5.44. The third kappa shape index (κ3) is 1.80. The number of amides is 1. The Morgan fingerprint density at radius 2 is 2.00 bits per heavy atom. The molecule has 48 valence electrons. The Bertz CT molecular complexity index is 101. The smallest absolute Gasteiger partial charge is 0.253 e. The summed E-state index contributed by atoms with van der Waals surface area (Å²) in [4.78, 5) is 10.6. The number of hydrogen-bond donors (Lipinski definition) is 0. The summed E-state index contributed by atoms with van der Waals surface area (Å²) in [5.41, 5.74) is 0. The van der Waals surface area contributed by atoms with Gasteiger partial charge in [-0.05, 0) is 0 Å². The van der Waals surface area contributed by atoms with Crippen LogP contribution in [0.2, 0.25) is 0 Å². The first kappa shape index (κ1) is 7.92. The van der Waals surface area contributed by atoms with E-state index in [1.54, 1.807) is 14.1 Å². The van der Waals surface area contributed by atoms with Gasteiger partial charge in [0.05, 0.1) is 21.0 Å². The van der Waals surface area contributed by atoms with E-state index < -0.39 is 0 Å². The number of alkyl halides is 1. The van der Waals surface area contributed by atoms with E-state index in [2.05, 4.69) is 0 Å². The van der Waals surface area contributed by atoms with Crippen LogP contribution in [-0.4, -0.2) is 30.5 Å². The summed E-state index contributed by atoms with van der Waals surface area (Å²) in [5, 5.41) is 0. The van der Waals surface area contributed by atoms with Gasteiger partial charge < -0.3 is 0 Å². The second-order valence-corrected chi connectivity index (χ2v) is 2.56. The molecule has 0 heterocycles. The molecule has 0 aromatic carbocycles. The number of carbonyl (C=O) groups is 1. The largest absolute Gasteiger partial charge is 0.311 e. The molecule has 3 heteroatoms. The first-order valence-electron chi connectivity index (χ1n) is 2.41. The Labute approximate surface area is 54.6 Å². The fourth-order valence-electron chi connectivity index (χ4n) is 0.0842. The molecule has 0 spiro atoms. The lowest BCUT2D eigenvalue weighted by molar-refractivity contribution is -0.800. The third-order valence-corrected chi connectivity index (χ3v) is 1.75. The van der Waals surface area contributed by atoms with Gasteiger partial charge in [0, 0.05) is 0 Å². The lowest BCUT2D eigenvalue weighted by atomic mass is 10.5. The Hall–Kier alpha value is -0.0800. The first-order chi connectivity index (χ1) is 3.50. The number of halogens is 1. The zero-order chi connectivity index (χ0) is 6.78. The molecule has 0 radical (unpaired) electrons. The van der Waals surface area contributed by atoms with Crippen molar-refractivity contribution in [2.24, 2.45) is 0 Å². The fourth-order valence-corrected chi connectivity index (χ4v) is 0.252. The van der Waals surface area contributed by atoms with Crippen LogP contribution in [-0.2, 0) is 4.79 Å².